The van der Waals surface area contributed by atoms with Crippen LogP contribution >= 0.6 is 0 Å². The van der Waals surface area contributed by atoms with Crippen molar-refractivity contribution in [1.29, 1.82) is 0 Å². The summed E-state index contributed by atoms with van der Waals surface area (Å²) in [5.74, 6) is 0.792. The Morgan fingerprint density at radius 3 is 2.69 bits per heavy atom. The maximum atomic E-state index is 12.9. The van der Waals surface area contributed by atoms with E-state index in [2.05, 4.69) is 34.1 Å². The smallest absolute Gasteiger partial charge is 0.318 e. The molecule has 2 N–H and O–H groups in total. The lowest BCUT2D eigenvalue weighted by Crippen LogP contribution is -2.41. The Balaban J connectivity index is 1.58. The molecule has 0 saturated heterocycles. The number of carbonyl (C=O) groups is 1. The van der Waals surface area contributed by atoms with Gasteiger partial charge in [-0.05, 0) is 36.1 Å². The number of pyridine rings is 1. The first-order valence-electron chi connectivity index (χ1n) is 9.70. The topological polar surface area (TPSA) is 91.0 Å². The number of fused-ring (bicyclic) bond motifs is 1. The normalized spacial score (nSPS) is 13.3. The Morgan fingerprint density at radius 1 is 1.17 bits per heavy atom. The van der Waals surface area contributed by atoms with Crippen molar-refractivity contribution in [2.24, 2.45) is 0 Å². The molecule has 7 heteroatoms. The molecule has 4 rings (SSSR count). The van der Waals surface area contributed by atoms with Crippen LogP contribution in [0.1, 0.15) is 36.6 Å². The summed E-state index contributed by atoms with van der Waals surface area (Å²) < 4.78 is 0. The van der Waals surface area contributed by atoms with Crippen LogP contribution in [0.4, 0.5) is 10.5 Å². The largest absolute Gasteiger partial charge is 0.322 e. The van der Waals surface area contributed by atoms with Crippen LogP contribution in [0.25, 0.3) is 11.4 Å². The van der Waals surface area contributed by atoms with Gasteiger partial charge in [0.25, 0.3) is 5.56 Å². The molecule has 2 aromatic heterocycles. The van der Waals surface area contributed by atoms with E-state index in [4.69, 9.17) is 0 Å². The third kappa shape index (κ3) is 3.89. The molecule has 0 radical (unpaired) electrons. The standard InChI is InChI=1S/C22H23N5O2/c1-14(2)16-5-3-4-6-18(16)25-22(29)27-12-9-17-19(13-27)24-20(26-21(17)28)15-7-10-23-11-8-15/h3-8,10-11,14H,9,12-13H2,1-2H3,(H,25,29)(H,24,26,28). The lowest BCUT2D eigenvalue weighted by Gasteiger charge is -2.28. The average molecular weight is 389 g/mol. The molecule has 3 heterocycles. The molecule has 0 bridgehead atoms. The predicted octanol–water partition coefficient (Wildman–Crippen LogP) is 3.55. The molecule has 2 amide bonds. The fourth-order valence-electron chi connectivity index (χ4n) is 3.57. The number of hydrogen-bond donors (Lipinski definition) is 2. The van der Waals surface area contributed by atoms with Crippen molar-refractivity contribution in [3.05, 3.63) is 76.0 Å². The van der Waals surface area contributed by atoms with Crippen LogP contribution in [0, 0.1) is 0 Å². The number of aromatic nitrogens is 3. The zero-order chi connectivity index (χ0) is 20.4. The SMILES string of the molecule is CC(C)c1ccccc1NC(=O)N1CCc2c(nc(-c3ccncc3)[nH]c2=O)C1. The van der Waals surface area contributed by atoms with Gasteiger partial charge in [0.2, 0.25) is 0 Å². The fourth-order valence-corrected chi connectivity index (χ4v) is 3.57. The number of hydrogen-bond acceptors (Lipinski definition) is 4. The summed E-state index contributed by atoms with van der Waals surface area (Å²) in [7, 11) is 0. The molecule has 0 atom stereocenters. The molecular weight excluding hydrogens is 366 g/mol. The van der Waals surface area contributed by atoms with E-state index in [1.54, 1.807) is 29.4 Å². The fraction of sp³-hybridized carbons (Fsp3) is 0.273. The highest BCUT2D eigenvalue weighted by molar-refractivity contribution is 5.90. The summed E-state index contributed by atoms with van der Waals surface area (Å²) in [4.78, 5) is 38.6. The van der Waals surface area contributed by atoms with Crippen LogP contribution in [0.2, 0.25) is 0 Å². The molecule has 0 unspecified atom stereocenters. The van der Waals surface area contributed by atoms with Crippen molar-refractivity contribution in [3.63, 3.8) is 0 Å². The van der Waals surface area contributed by atoms with E-state index < -0.39 is 0 Å². The summed E-state index contributed by atoms with van der Waals surface area (Å²) in [6.07, 6.45) is 3.79. The maximum Gasteiger partial charge on any atom is 0.322 e. The van der Waals surface area contributed by atoms with Crippen molar-refractivity contribution in [1.82, 2.24) is 19.9 Å². The number of benzene rings is 1. The number of carbonyl (C=O) groups excluding carboxylic acids is 1. The molecule has 7 nitrogen and oxygen atoms in total. The number of rotatable bonds is 3. The molecule has 0 saturated carbocycles. The van der Waals surface area contributed by atoms with Crippen molar-refractivity contribution in [3.8, 4) is 11.4 Å². The van der Waals surface area contributed by atoms with Crippen molar-refractivity contribution < 1.29 is 4.79 Å². The first-order valence-corrected chi connectivity index (χ1v) is 9.70. The Bertz CT molecular complexity index is 1090. The van der Waals surface area contributed by atoms with E-state index in [1.165, 1.54) is 0 Å². The third-order valence-electron chi connectivity index (χ3n) is 5.14. The summed E-state index contributed by atoms with van der Waals surface area (Å²) >= 11 is 0. The van der Waals surface area contributed by atoms with Crippen LogP contribution in [0.5, 0.6) is 0 Å². The van der Waals surface area contributed by atoms with E-state index in [0.717, 1.165) is 16.8 Å². The van der Waals surface area contributed by atoms with Gasteiger partial charge in [-0.15, -0.1) is 0 Å². The van der Waals surface area contributed by atoms with Crippen molar-refractivity contribution >= 4 is 11.7 Å². The van der Waals surface area contributed by atoms with E-state index in [9.17, 15) is 9.59 Å². The lowest BCUT2D eigenvalue weighted by atomic mass is 10.0. The number of aromatic amines is 1. The minimum absolute atomic E-state index is 0.146. The van der Waals surface area contributed by atoms with Gasteiger partial charge in [0, 0.05) is 35.8 Å². The zero-order valence-corrected chi connectivity index (χ0v) is 16.5. The minimum atomic E-state index is -0.184. The van der Waals surface area contributed by atoms with Gasteiger partial charge >= 0.3 is 6.03 Å². The second-order valence-corrected chi connectivity index (χ2v) is 7.42. The molecule has 1 aromatic carbocycles. The molecule has 0 aliphatic carbocycles. The van der Waals surface area contributed by atoms with Gasteiger partial charge in [0.1, 0.15) is 5.82 Å². The highest BCUT2D eigenvalue weighted by Gasteiger charge is 2.25. The van der Waals surface area contributed by atoms with Crippen molar-refractivity contribution in [2.45, 2.75) is 32.7 Å². The van der Waals surface area contributed by atoms with Crippen molar-refractivity contribution in [2.75, 3.05) is 11.9 Å². The zero-order valence-electron chi connectivity index (χ0n) is 16.5. The van der Waals surface area contributed by atoms with Crippen LogP contribution in [-0.4, -0.2) is 32.4 Å². The Kier molecular flexibility index (Phi) is 5.12. The summed E-state index contributed by atoms with van der Waals surface area (Å²) in [6.45, 7) is 4.97. The van der Waals surface area contributed by atoms with Gasteiger partial charge in [-0.1, -0.05) is 32.0 Å². The van der Waals surface area contributed by atoms with E-state index in [0.29, 0.717) is 42.5 Å². The third-order valence-corrected chi connectivity index (χ3v) is 5.14. The molecule has 0 spiro atoms. The summed E-state index contributed by atoms with van der Waals surface area (Å²) in [5, 5.41) is 3.02. The monoisotopic (exact) mass is 389 g/mol. The van der Waals surface area contributed by atoms with Gasteiger partial charge < -0.3 is 15.2 Å². The summed E-state index contributed by atoms with van der Waals surface area (Å²) in [6, 6.07) is 11.2. The molecule has 148 valence electrons. The van der Waals surface area contributed by atoms with Crippen LogP contribution < -0.4 is 10.9 Å². The Labute approximate surface area is 168 Å². The van der Waals surface area contributed by atoms with Crippen LogP contribution in [0.3, 0.4) is 0 Å². The highest BCUT2D eigenvalue weighted by Crippen LogP contribution is 2.25. The van der Waals surface area contributed by atoms with Crippen LogP contribution in [0.15, 0.2) is 53.6 Å². The lowest BCUT2D eigenvalue weighted by molar-refractivity contribution is 0.205. The second-order valence-electron chi connectivity index (χ2n) is 7.42. The minimum Gasteiger partial charge on any atom is -0.318 e. The Hall–Kier alpha value is -3.48. The molecule has 29 heavy (non-hydrogen) atoms. The van der Waals surface area contributed by atoms with E-state index in [1.807, 2.05) is 24.3 Å². The number of anilines is 1. The average Bonchev–Trinajstić information content (AvgIpc) is 2.74. The number of amides is 2. The number of urea groups is 1. The van der Waals surface area contributed by atoms with Gasteiger partial charge in [-0.3, -0.25) is 9.78 Å². The highest BCUT2D eigenvalue weighted by atomic mass is 16.2. The molecule has 1 aliphatic heterocycles. The van der Waals surface area contributed by atoms with Crippen LogP contribution in [-0.2, 0) is 13.0 Å². The Morgan fingerprint density at radius 2 is 1.93 bits per heavy atom. The maximum absolute atomic E-state index is 12.9. The van der Waals surface area contributed by atoms with Gasteiger partial charge in [-0.25, -0.2) is 9.78 Å². The number of nitrogens with one attached hydrogen (secondary N) is 2. The first kappa shape index (κ1) is 18.9. The quantitative estimate of drug-likeness (QED) is 0.717. The van der Waals surface area contributed by atoms with E-state index >= 15 is 0 Å². The molecular formula is C22H23N5O2. The van der Waals surface area contributed by atoms with Gasteiger partial charge in [-0.2, -0.15) is 0 Å². The number of H-pyrrole nitrogens is 1. The molecule has 0 fully saturated rings. The van der Waals surface area contributed by atoms with Gasteiger partial charge in [0.05, 0.1) is 12.2 Å². The van der Waals surface area contributed by atoms with Gasteiger partial charge in [0.15, 0.2) is 0 Å². The number of nitrogens with zero attached hydrogens (tertiary/aromatic N) is 3. The second kappa shape index (κ2) is 7.87. The molecule has 3 aromatic rings. The number of para-hydroxylation sites is 1. The predicted molar refractivity (Wildman–Crippen MR) is 112 cm³/mol. The van der Waals surface area contributed by atoms with E-state index in [-0.39, 0.29) is 11.6 Å². The first-order chi connectivity index (χ1) is 14.0. The molecule has 1 aliphatic rings. The summed E-state index contributed by atoms with van der Waals surface area (Å²) in [5.41, 5.74) is 3.83.